The molecule has 2 heterocycles. The van der Waals surface area contributed by atoms with Gasteiger partial charge in [-0.15, -0.1) is 0 Å². The van der Waals surface area contributed by atoms with Crippen LogP contribution in [0.3, 0.4) is 0 Å². The van der Waals surface area contributed by atoms with Gasteiger partial charge in [-0.2, -0.15) is 0 Å². The molecular weight excluding hydrogens is 290 g/mol. The highest BCUT2D eigenvalue weighted by Crippen LogP contribution is 2.24. The largest absolute Gasteiger partial charge is 0.459 e. The Morgan fingerprint density at radius 3 is 2.17 bits per heavy atom. The third kappa shape index (κ3) is 2.48. The number of fused-ring (bicyclic) bond motifs is 2. The lowest BCUT2D eigenvalue weighted by molar-refractivity contribution is 0.0910. The molecule has 0 aliphatic carbocycles. The lowest BCUT2D eigenvalue weighted by Crippen LogP contribution is -2.25. The molecule has 0 spiro atoms. The summed E-state index contributed by atoms with van der Waals surface area (Å²) >= 11 is 0. The lowest BCUT2D eigenvalue weighted by Gasteiger charge is -2.09. The molecule has 0 saturated carbocycles. The van der Waals surface area contributed by atoms with Crippen molar-refractivity contribution in [1.29, 1.82) is 0 Å². The van der Waals surface area contributed by atoms with E-state index in [4.69, 9.17) is 8.83 Å². The molecule has 4 heteroatoms. The van der Waals surface area contributed by atoms with Crippen LogP contribution >= 0.6 is 0 Å². The zero-order chi connectivity index (χ0) is 15.8. The van der Waals surface area contributed by atoms with E-state index >= 15 is 0 Å². The fourth-order valence-corrected chi connectivity index (χ4v) is 2.65. The van der Waals surface area contributed by atoms with Crippen molar-refractivity contribution in [2.45, 2.75) is 13.0 Å². The number of nitrogens with one attached hydrogen (secondary N) is 1. The van der Waals surface area contributed by atoms with Crippen molar-refractivity contribution in [2.75, 3.05) is 0 Å². The number of hydrogen-bond acceptors (Lipinski definition) is 3. The number of furan rings is 2. The zero-order valence-corrected chi connectivity index (χ0v) is 12.6. The minimum Gasteiger partial charge on any atom is -0.459 e. The second-order valence-electron chi connectivity index (χ2n) is 5.53. The summed E-state index contributed by atoms with van der Waals surface area (Å²) in [6, 6.07) is 18.8. The van der Waals surface area contributed by atoms with Crippen LogP contribution in [0.1, 0.15) is 29.3 Å². The van der Waals surface area contributed by atoms with Crippen molar-refractivity contribution >= 4 is 27.8 Å². The molecule has 0 aliphatic rings. The average molecular weight is 305 g/mol. The normalized spacial score (nSPS) is 12.6. The van der Waals surface area contributed by atoms with Gasteiger partial charge in [0.1, 0.15) is 16.9 Å². The van der Waals surface area contributed by atoms with E-state index < -0.39 is 0 Å². The first-order chi connectivity index (χ1) is 11.2. The van der Waals surface area contributed by atoms with E-state index in [1.807, 2.05) is 61.5 Å². The Morgan fingerprint density at radius 2 is 1.52 bits per heavy atom. The van der Waals surface area contributed by atoms with Gasteiger partial charge in [-0.1, -0.05) is 36.4 Å². The van der Waals surface area contributed by atoms with Crippen molar-refractivity contribution in [3.05, 3.63) is 72.2 Å². The van der Waals surface area contributed by atoms with Gasteiger partial charge in [-0.25, -0.2) is 0 Å². The Labute approximate surface area is 132 Å². The smallest absolute Gasteiger partial charge is 0.287 e. The standard InChI is InChI=1S/C19H15NO3/c1-12(17-10-13-6-2-4-8-15(13)22-17)20-19(21)18-11-14-7-3-5-9-16(14)23-18/h2-12H,1H3,(H,20,21)/t12-/m1/s1. The van der Waals surface area contributed by atoms with Crippen LogP contribution in [0.15, 0.2) is 69.5 Å². The zero-order valence-electron chi connectivity index (χ0n) is 12.6. The quantitative estimate of drug-likeness (QED) is 0.598. The number of amides is 1. The van der Waals surface area contributed by atoms with Gasteiger partial charge in [0.05, 0.1) is 6.04 Å². The molecule has 2 aromatic carbocycles. The van der Waals surface area contributed by atoms with Crippen LogP contribution in [0, 0.1) is 0 Å². The molecule has 1 atom stereocenters. The number of carbonyl (C=O) groups is 1. The van der Waals surface area contributed by atoms with Crippen LogP contribution in [-0.4, -0.2) is 5.91 Å². The lowest BCUT2D eigenvalue weighted by atomic mass is 10.2. The highest BCUT2D eigenvalue weighted by molar-refractivity contribution is 5.96. The van der Waals surface area contributed by atoms with Crippen molar-refractivity contribution in [3.8, 4) is 0 Å². The van der Waals surface area contributed by atoms with Gasteiger partial charge in [0.2, 0.25) is 0 Å². The molecule has 0 aliphatic heterocycles. The van der Waals surface area contributed by atoms with Crippen LogP contribution < -0.4 is 5.32 Å². The van der Waals surface area contributed by atoms with E-state index in [-0.39, 0.29) is 11.9 Å². The Kier molecular flexibility index (Phi) is 3.15. The summed E-state index contributed by atoms with van der Waals surface area (Å²) in [5.41, 5.74) is 1.52. The number of rotatable bonds is 3. The third-order valence-corrected chi connectivity index (χ3v) is 3.87. The molecule has 4 nitrogen and oxygen atoms in total. The molecule has 0 unspecified atom stereocenters. The topological polar surface area (TPSA) is 55.4 Å². The molecule has 0 radical (unpaired) electrons. The summed E-state index contributed by atoms with van der Waals surface area (Å²) in [6.07, 6.45) is 0. The Bertz CT molecular complexity index is 930. The van der Waals surface area contributed by atoms with Crippen molar-refractivity contribution in [1.82, 2.24) is 5.32 Å². The predicted molar refractivity (Wildman–Crippen MR) is 88.3 cm³/mol. The molecule has 4 rings (SSSR count). The number of hydrogen-bond donors (Lipinski definition) is 1. The SMILES string of the molecule is C[C@@H](NC(=O)c1cc2ccccc2o1)c1cc2ccccc2o1. The number of para-hydroxylation sites is 2. The highest BCUT2D eigenvalue weighted by atomic mass is 16.3. The Hall–Kier alpha value is -3.01. The predicted octanol–water partition coefficient (Wildman–Crippen LogP) is 4.67. The maximum Gasteiger partial charge on any atom is 0.287 e. The molecular formula is C19H15NO3. The molecule has 0 bridgehead atoms. The van der Waals surface area contributed by atoms with E-state index in [0.29, 0.717) is 11.3 Å². The van der Waals surface area contributed by atoms with Gasteiger partial charge in [-0.05, 0) is 31.2 Å². The fourth-order valence-electron chi connectivity index (χ4n) is 2.65. The number of benzene rings is 2. The first-order valence-corrected chi connectivity index (χ1v) is 7.48. The van der Waals surface area contributed by atoms with Crippen molar-refractivity contribution < 1.29 is 13.6 Å². The van der Waals surface area contributed by atoms with E-state index in [9.17, 15) is 4.79 Å². The summed E-state index contributed by atoms with van der Waals surface area (Å²) in [4.78, 5) is 12.4. The van der Waals surface area contributed by atoms with Crippen LogP contribution in [-0.2, 0) is 0 Å². The van der Waals surface area contributed by atoms with Gasteiger partial charge in [0.25, 0.3) is 5.91 Å². The minimum atomic E-state index is -0.255. The van der Waals surface area contributed by atoms with E-state index in [2.05, 4.69) is 5.32 Å². The highest BCUT2D eigenvalue weighted by Gasteiger charge is 2.18. The molecule has 0 saturated heterocycles. The van der Waals surface area contributed by atoms with Gasteiger partial charge in [-0.3, -0.25) is 4.79 Å². The second-order valence-corrected chi connectivity index (χ2v) is 5.53. The molecule has 114 valence electrons. The first kappa shape index (κ1) is 13.6. The van der Waals surface area contributed by atoms with E-state index in [1.165, 1.54) is 0 Å². The Morgan fingerprint density at radius 1 is 0.913 bits per heavy atom. The summed E-state index contributed by atoms with van der Waals surface area (Å²) in [6.45, 7) is 1.89. The maximum absolute atomic E-state index is 12.4. The molecule has 1 amide bonds. The van der Waals surface area contributed by atoms with Crippen LogP contribution in [0.5, 0.6) is 0 Å². The summed E-state index contributed by atoms with van der Waals surface area (Å²) in [5.74, 6) is 0.763. The number of carbonyl (C=O) groups excluding carboxylic acids is 1. The minimum absolute atomic E-state index is 0.247. The van der Waals surface area contributed by atoms with E-state index in [1.54, 1.807) is 6.07 Å². The maximum atomic E-state index is 12.4. The van der Waals surface area contributed by atoms with Crippen LogP contribution in [0.4, 0.5) is 0 Å². The summed E-state index contributed by atoms with van der Waals surface area (Å²) in [7, 11) is 0. The summed E-state index contributed by atoms with van der Waals surface area (Å²) in [5, 5.41) is 4.84. The summed E-state index contributed by atoms with van der Waals surface area (Å²) < 4.78 is 11.4. The second kappa shape index (κ2) is 5.32. The van der Waals surface area contributed by atoms with Gasteiger partial charge >= 0.3 is 0 Å². The van der Waals surface area contributed by atoms with Gasteiger partial charge < -0.3 is 14.2 Å². The molecule has 2 aromatic heterocycles. The van der Waals surface area contributed by atoms with Gasteiger partial charge in [0.15, 0.2) is 5.76 Å². The average Bonchev–Trinajstić information content (AvgIpc) is 3.18. The molecule has 0 fully saturated rings. The first-order valence-electron chi connectivity index (χ1n) is 7.48. The van der Waals surface area contributed by atoms with Crippen LogP contribution in [0.2, 0.25) is 0 Å². The van der Waals surface area contributed by atoms with Crippen molar-refractivity contribution in [3.63, 3.8) is 0 Å². The molecule has 1 N–H and O–H groups in total. The molecule has 4 aromatic rings. The van der Waals surface area contributed by atoms with Crippen LogP contribution in [0.25, 0.3) is 21.9 Å². The Balaban J connectivity index is 1.57. The van der Waals surface area contributed by atoms with Gasteiger partial charge in [0, 0.05) is 10.8 Å². The fraction of sp³-hybridized carbons (Fsp3) is 0.105. The third-order valence-electron chi connectivity index (χ3n) is 3.87. The molecule has 23 heavy (non-hydrogen) atoms. The van der Waals surface area contributed by atoms with Crippen molar-refractivity contribution in [2.24, 2.45) is 0 Å². The van der Waals surface area contributed by atoms with E-state index in [0.717, 1.165) is 22.1 Å². The monoisotopic (exact) mass is 305 g/mol.